The summed E-state index contributed by atoms with van der Waals surface area (Å²) >= 11 is 5.44. The van der Waals surface area contributed by atoms with Crippen molar-refractivity contribution in [1.29, 1.82) is 0 Å². The molecule has 0 unspecified atom stereocenters. The molecule has 8 nitrogen and oxygen atoms in total. The van der Waals surface area contributed by atoms with E-state index in [0.29, 0.717) is 22.5 Å². The lowest BCUT2D eigenvalue weighted by Crippen LogP contribution is -2.18. The van der Waals surface area contributed by atoms with Crippen LogP contribution in [0.25, 0.3) is 11.0 Å². The minimum Gasteiger partial charge on any atom is -0.457 e. The molecule has 36 heavy (non-hydrogen) atoms. The van der Waals surface area contributed by atoms with Crippen LogP contribution < -0.4 is 15.4 Å². The van der Waals surface area contributed by atoms with Crippen molar-refractivity contribution in [3.8, 4) is 11.5 Å². The Labute approximate surface area is 207 Å². The van der Waals surface area contributed by atoms with Crippen LogP contribution in [0.5, 0.6) is 11.5 Å². The zero-order chi connectivity index (χ0) is 25.9. The van der Waals surface area contributed by atoms with Gasteiger partial charge in [0.05, 0.1) is 22.5 Å². The first-order chi connectivity index (χ1) is 17.2. The van der Waals surface area contributed by atoms with Crippen LogP contribution in [0.4, 0.5) is 24.8 Å². The highest BCUT2D eigenvalue weighted by molar-refractivity contribution is 6.27. The number of pyridine rings is 1. The number of rotatable bonds is 8. The zero-order valence-corrected chi connectivity index (χ0v) is 19.5. The van der Waals surface area contributed by atoms with Gasteiger partial charge in [0, 0.05) is 37.5 Å². The second-order valence-electron chi connectivity index (χ2n) is 7.67. The highest BCUT2D eigenvalue weighted by atomic mass is 35.5. The molecule has 0 fully saturated rings. The van der Waals surface area contributed by atoms with Crippen molar-refractivity contribution in [2.75, 3.05) is 18.2 Å². The molecule has 4 rings (SSSR count). The number of aromatic nitrogens is 3. The predicted molar refractivity (Wildman–Crippen MR) is 128 cm³/mol. The van der Waals surface area contributed by atoms with E-state index in [1.165, 1.54) is 31.4 Å². The first-order valence-electron chi connectivity index (χ1n) is 10.6. The van der Waals surface area contributed by atoms with Crippen molar-refractivity contribution in [1.82, 2.24) is 20.3 Å². The Balaban J connectivity index is 1.56. The molecule has 4 aromatic rings. The largest absolute Gasteiger partial charge is 0.457 e. The van der Waals surface area contributed by atoms with E-state index >= 15 is 0 Å². The standard InChI is InChI=1S/C24H19ClF3N5O3/c1-29-22(35)21-11-17(6-7-30-21)36-16-4-5-19-20(10-16)33-23(32-19)31-14-3-2-13(8-15(34)12-25)18(9-14)24(26,27)28/h2-7,9-11H,8,12H2,1H3,(H,29,35)(H2,31,32,33). The molecule has 0 bridgehead atoms. The molecular weight excluding hydrogens is 499 g/mol. The first kappa shape index (κ1) is 25.0. The number of aromatic amines is 1. The molecule has 0 aliphatic heterocycles. The number of nitrogens with zero attached hydrogens (tertiary/aromatic N) is 2. The van der Waals surface area contributed by atoms with Crippen molar-refractivity contribution in [3.05, 3.63) is 71.5 Å². The molecule has 0 aliphatic carbocycles. The van der Waals surface area contributed by atoms with Crippen molar-refractivity contribution in [2.24, 2.45) is 0 Å². The summed E-state index contributed by atoms with van der Waals surface area (Å²) in [6.45, 7) is 0. The van der Waals surface area contributed by atoms with Gasteiger partial charge in [0.1, 0.15) is 17.2 Å². The summed E-state index contributed by atoms with van der Waals surface area (Å²) in [5, 5.41) is 5.31. The van der Waals surface area contributed by atoms with Crippen LogP contribution in [0.15, 0.2) is 54.7 Å². The molecule has 2 heterocycles. The molecule has 3 N–H and O–H groups in total. The number of fused-ring (bicyclic) bond motifs is 1. The van der Waals surface area contributed by atoms with E-state index in [1.54, 1.807) is 24.3 Å². The third-order valence-electron chi connectivity index (χ3n) is 5.09. The van der Waals surface area contributed by atoms with Gasteiger partial charge in [-0.1, -0.05) is 6.07 Å². The van der Waals surface area contributed by atoms with Gasteiger partial charge in [-0.05, 0) is 35.9 Å². The second kappa shape index (κ2) is 10.2. The molecule has 0 spiro atoms. The summed E-state index contributed by atoms with van der Waals surface area (Å²) < 4.78 is 46.5. The zero-order valence-electron chi connectivity index (χ0n) is 18.7. The van der Waals surface area contributed by atoms with Gasteiger partial charge >= 0.3 is 6.18 Å². The number of Topliss-reactive ketones (excluding diaryl/α,β-unsaturated/α-hetero) is 1. The van der Waals surface area contributed by atoms with Gasteiger partial charge in [-0.15, -0.1) is 11.6 Å². The third kappa shape index (κ3) is 5.74. The molecule has 0 saturated heterocycles. The summed E-state index contributed by atoms with van der Waals surface area (Å²) in [6.07, 6.45) is -3.61. The van der Waals surface area contributed by atoms with Crippen LogP contribution in [0.1, 0.15) is 21.6 Å². The van der Waals surface area contributed by atoms with Crippen LogP contribution in [0.2, 0.25) is 0 Å². The minimum atomic E-state index is -4.65. The van der Waals surface area contributed by atoms with Gasteiger partial charge in [-0.2, -0.15) is 13.2 Å². The molecule has 2 aromatic carbocycles. The van der Waals surface area contributed by atoms with E-state index in [1.807, 2.05) is 0 Å². The number of ether oxygens (including phenoxy) is 1. The number of benzene rings is 2. The van der Waals surface area contributed by atoms with Gasteiger partial charge in [-0.25, -0.2) is 4.98 Å². The van der Waals surface area contributed by atoms with E-state index in [9.17, 15) is 22.8 Å². The minimum absolute atomic E-state index is 0.137. The Morgan fingerprint density at radius 3 is 2.58 bits per heavy atom. The van der Waals surface area contributed by atoms with Gasteiger partial charge < -0.3 is 20.4 Å². The topological polar surface area (TPSA) is 109 Å². The van der Waals surface area contributed by atoms with Gasteiger partial charge in [-0.3, -0.25) is 14.6 Å². The maximum absolute atomic E-state index is 13.6. The summed E-state index contributed by atoms with van der Waals surface area (Å²) in [5.74, 6) is -0.168. The monoisotopic (exact) mass is 517 g/mol. The van der Waals surface area contributed by atoms with Crippen LogP contribution in [0, 0.1) is 0 Å². The molecule has 0 aliphatic rings. The number of hydrogen-bond acceptors (Lipinski definition) is 6. The molecule has 186 valence electrons. The van der Waals surface area contributed by atoms with Crippen molar-refractivity contribution in [3.63, 3.8) is 0 Å². The molecule has 0 saturated carbocycles. The summed E-state index contributed by atoms with van der Waals surface area (Å²) in [4.78, 5) is 34.7. The van der Waals surface area contributed by atoms with Crippen LogP contribution in [0.3, 0.4) is 0 Å². The highest BCUT2D eigenvalue weighted by Crippen LogP contribution is 2.35. The fourth-order valence-corrected chi connectivity index (χ4v) is 3.54. The Kier molecular flexibility index (Phi) is 7.11. The molecule has 0 radical (unpaired) electrons. The second-order valence-corrected chi connectivity index (χ2v) is 7.93. The number of anilines is 2. The summed E-state index contributed by atoms with van der Waals surface area (Å²) in [5.41, 5.74) is 0.368. The lowest BCUT2D eigenvalue weighted by atomic mass is 10.0. The summed E-state index contributed by atoms with van der Waals surface area (Å²) in [6, 6.07) is 11.7. The SMILES string of the molecule is CNC(=O)c1cc(Oc2ccc3nc(Nc4ccc(CC(=O)CCl)c(C(F)(F)F)c4)[nH]c3c2)ccn1. The molecule has 12 heteroatoms. The molecule has 2 aromatic heterocycles. The lowest BCUT2D eigenvalue weighted by molar-refractivity contribution is -0.138. The van der Waals surface area contributed by atoms with Crippen LogP contribution in [-0.2, 0) is 17.4 Å². The van der Waals surface area contributed by atoms with E-state index in [2.05, 4.69) is 25.6 Å². The Morgan fingerprint density at radius 2 is 1.86 bits per heavy atom. The fraction of sp³-hybridized carbons (Fsp3) is 0.167. The maximum Gasteiger partial charge on any atom is 0.416 e. The normalized spacial score (nSPS) is 11.4. The molecule has 1 amide bonds. The maximum atomic E-state index is 13.6. The van der Waals surface area contributed by atoms with E-state index < -0.39 is 23.9 Å². The molecular formula is C24H19ClF3N5O3. The van der Waals surface area contributed by atoms with E-state index in [-0.39, 0.29) is 34.7 Å². The van der Waals surface area contributed by atoms with Gasteiger partial charge in [0.15, 0.2) is 5.78 Å². The number of hydrogen-bond donors (Lipinski definition) is 3. The summed E-state index contributed by atoms with van der Waals surface area (Å²) in [7, 11) is 1.50. The molecule has 0 atom stereocenters. The number of nitrogens with one attached hydrogen (secondary N) is 3. The van der Waals surface area contributed by atoms with Gasteiger partial charge in [0.25, 0.3) is 5.91 Å². The number of carbonyl (C=O) groups is 2. The van der Waals surface area contributed by atoms with E-state index in [4.69, 9.17) is 16.3 Å². The predicted octanol–water partition coefficient (Wildman–Crippen LogP) is 5.22. The Bertz CT molecular complexity index is 1440. The number of halogens is 4. The highest BCUT2D eigenvalue weighted by Gasteiger charge is 2.34. The van der Waals surface area contributed by atoms with Crippen LogP contribution >= 0.6 is 11.6 Å². The number of amides is 1. The number of H-pyrrole nitrogens is 1. The first-order valence-corrected chi connectivity index (χ1v) is 11.1. The average molecular weight is 518 g/mol. The van der Waals surface area contributed by atoms with Crippen molar-refractivity contribution >= 4 is 46.0 Å². The Morgan fingerprint density at radius 1 is 1.08 bits per heavy atom. The lowest BCUT2D eigenvalue weighted by Gasteiger charge is -2.14. The van der Waals surface area contributed by atoms with Crippen molar-refractivity contribution in [2.45, 2.75) is 12.6 Å². The fourth-order valence-electron chi connectivity index (χ4n) is 3.44. The smallest absolute Gasteiger partial charge is 0.416 e. The third-order valence-corrected chi connectivity index (χ3v) is 5.39. The number of carbonyl (C=O) groups excluding carboxylic acids is 2. The average Bonchev–Trinajstić information content (AvgIpc) is 3.25. The van der Waals surface area contributed by atoms with Crippen LogP contribution in [-0.4, -0.2) is 39.6 Å². The Hall–Kier alpha value is -4.12. The van der Waals surface area contributed by atoms with Gasteiger partial charge in [0.2, 0.25) is 5.95 Å². The van der Waals surface area contributed by atoms with E-state index in [0.717, 1.165) is 6.07 Å². The quantitative estimate of drug-likeness (QED) is 0.276. The number of ketones is 1. The number of alkyl halides is 4. The van der Waals surface area contributed by atoms with Crippen molar-refractivity contribution < 1.29 is 27.5 Å². The number of imidazole rings is 1.